The van der Waals surface area contributed by atoms with Gasteiger partial charge in [0.15, 0.2) is 0 Å². The van der Waals surface area contributed by atoms with E-state index in [2.05, 4.69) is 10.6 Å². The number of hydrogen-bond donors (Lipinski definition) is 3. The highest BCUT2D eigenvalue weighted by molar-refractivity contribution is 7.98. The van der Waals surface area contributed by atoms with Gasteiger partial charge in [-0.2, -0.15) is 11.8 Å². The molecule has 0 spiro atoms. The van der Waals surface area contributed by atoms with Gasteiger partial charge in [0, 0.05) is 29.4 Å². The predicted molar refractivity (Wildman–Crippen MR) is 90.2 cm³/mol. The summed E-state index contributed by atoms with van der Waals surface area (Å²) in [5.41, 5.74) is 1.88. The number of aryl methyl sites for hydroxylation is 1. The molecule has 2 rings (SSSR count). The Morgan fingerprint density at radius 2 is 2.18 bits per heavy atom. The number of hydrogen-bond acceptors (Lipinski definition) is 4. The standard InChI is InChI=1S/C16H22N2O3S/c1-11-13-5-3-4-6-14(13)21-15(11)9-17-16(20)18-12(7-8-19)10-22-2/h3-6,12,19H,7-10H2,1-2H3,(H2,17,18,20). The van der Waals surface area contributed by atoms with Crippen LogP contribution >= 0.6 is 11.8 Å². The first kappa shape index (κ1) is 16.7. The third-order valence-corrected chi connectivity index (χ3v) is 4.27. The van der Waals surface area contributed by atoms with Crippen molar-refractivity contribution in [2.75, 3.05) is 18.6 Å². The number of carbonyl (C=O) groups is 1. The maximum Gasteiger partial charge on any atom is 0.315 e. The number of furan rings is 1. The van der Waals surface area contributed by atoms with E-state index in [1.165, 1.54) is 0 Å². The summed E-state index contributed by atoms with van der Waals surface area (Å²) in [6.45, 7) is 2.40. The second-order valence-corrected chi connectivity index (χ2v) is 6.05. The number of rotatable bonds is 7. The first-order valence-corrected chi connectivity index (χ1v) is 8.66. The maximum absolute atomic E-state index is 11.9. The van der Waals surface area contributed by atoms with Gasteiger partial charge in [-0.3, -0.25) is 0 Å². The van der Waals surface area contributed by atoms with Gasteiger partial charge >= 0.3 is 6.03 Å². The summed E-state index contributed by atoms with van der Waals surface area (Å²) in [5, 5.41) is 15.8. The van der Waals surface area contributed by atoms with E-state index in [9.17, 15) is 4.79 Å². The van der Waals surface area contributed by atoms with Crippen LogP contribution in [0.5, 0.6) is 0 Å². The number of fused-ring (bicyclic) bond motifs is 1. The van der Waals surface area contributed by atoms with Crippen LogP contribution in [-0.2, 0) is 6.54 Å². The average Bonchev–Trinajstić information content (AvgIpc) is 2.83. The molecule has 1 unspecified atom stereocenters. The molecule has 2 amide bonds. The Morgan fingerprint density at radius 3 is 2.86 bits per heavy atom. The molecule has 0 radical (unpaired) electrons. The Kier molecular flexibility index (Phi) is 6.15. The van der Waals surface area contributed by atoms with E-state index in [-0.39, 0.29) is 18.7 Å². The highest BCUT2D eigenvalue weighted by Crippen LogP contribution is 2.24. The van der Waals surface area contributed by atoms with Crippen LogP contribution in [0.15, 0.2) is 28.7 Å². The molecule has 1 aromatic carbocycles. The van der Waals surface area contributed by atoms with Crippen molar-refractivity contribution in [3.05, 3.63) is 35.6 Å². The molecule has 2 aromatic rings. The van der Waals surface area contributed by atoms with E-state index in [4.69, 9.17) is 9.52 Å². The number of nitrogens with one attached hydrogen (secondary N) is 2. The summed E-state index contributed by atoms with van der Waals surface area (Å²) in [6, 6.07) is 7.55. The quantitative estimate of drug-likeness (QED) is 0.732. The van der Waals surface area contributed by atoms with Gasteiger partial charge in [-0.1, -0.05) is 18.2 Å². The lowest BCUT2D eigenvalue weighted by Gasteiger charge is -2.16. The van der Waals surface area contributed by atoms with Crippen molar-refractivity contribution >= 4 is 28.8 Å². The van der Waals surface area contributed by atoms with Crippen molar-refractivity contribution in [1.29, 1.82) is 0 Å². The molecule has 120 valence electrons. The molecule has 6 heteroatoms. The minimum absolute atomic E-state index is 0.0308. The number of carbonyl (C=O) groups excluding carboxylic acids is 1. The summed E-state index contributed by atoms with van der Waals surface area (Å²) in [6.07, 6.45) is 2.53. The Balaban J connectivity index is 1.93. The molecule has 1 aromatic heterocycles. The van der Waals surface area contributed by atoms with Crippen molar-refractivity contribution in [1.82, 2.24) is 10.6 Å². The van der Waals surface area contributed by atoms with Gasteiger partial charge in [0.1, 0.15) is 11.3 Å². The highest BCUT2D eigenvalue weighted by Gasteiger charge is 2.13. The molecular formula is C16H22N2O3S. The SMILES string of the molecule is CSCC(CCO)NC(=O)NCc1oc2ccccc2c1C. The van der Waals surface area contributed by atoms with Crippen molar-refractivity contribution in [3.8, 4) is 0 Å². The van der Waals surface area contributed by atoms with E-state index in [0.29, 0.717) is 13.0 Å². The molecule has 0 fully saturated rings. The molecule has 22 heavy (non-hydrogen) atoms. The lowest BCUT2D eigenvalue weighted by molar-refractivity contribution is 0.230. The zero-order chi connectivity index (χ0) is 15.9. The normalized spacial score (nSPS) is 12.3. The average molecular weight is 322 g/mol. The summed E-state index contributed by atoms with van der Waals surface area (Å²) < 4.78 is 5.76. The van der Waals surface area contributed by atoms with Gasteiger partial charge in [-0.05, 0) is 25.7 Å². The fourth-order valence-corrected chi connectivity index (χ4v) is 3.00. The number of aliphatic hydroxyl groups is 1. The van der Waals surface area contributed by atoms with Gasteiger partial charge in [-0.15, -0.1) is 0 Å². The fourth-order valence-electron chi connectivity index (χ4n) is 2.34. The molecule has 0 aliphatic heterocycles. The Labute approximate surface area is 134 Å². The molecule has 1 heterocycles. The topological polar surface area (TPSA) is 74.5 Å². The summed E-state index contributed by atoms with van der Waals surface area (Å²) >= 11 is 1.64. The van der Waals surface area contributed by atoms with Crippen LogP contribution in [0.2, 0.25) is 0 Å². The number of thioether (sulfide) groups is 1. The van der Waals surface area contributed by atoms with Crippen molar-refractivity contribution in [3.63, 3.8) is 0 Å². The second kappa shape index (κ2) is 8.10. The molecule has 0 aliphatic carbocycles. The van der Waals surface area contributed by atoms with E-state index in [0.717, 1.165) is 28.0 Å². The van der Waals surface area contributed by atoms with Crippen LogP contribution in [0, 0.1) is 6.92 Å². The summed E-state index contributed by atoms with van der Waals surface area (Å²) in [7, 11) is 0. The van der Waals surface area contributed by atoms with Gasteiger partial charge in [0.25, 0.3) is 0 Å². The van der Waals surface area contributed by atoms with Crippen molar-refractivity contribution in [2.24, 2.45) is 0 Å². The van der Waals surface area contributed by atoms with Crippen LogP contribution in [0.25, 0.3) is 11.0 Å². The van der Waals surface area contributed by atoms with Gasteiger partial charge < -0.3 is 20.2 Å². The molecule has 1 atom stereocenters. The molecule has 0 saturated heterocycles. The van der Waals surface area contributed by atoms with Crippen LogP contribution in [-0.4, -0.2) is 35.8 Å². The Morgan fingerprint density at radius 1 is 1.41 bits per heavy atom. The minimum atomic E-state index is -0.243. The number of aliphatic hydroxyl groups excluding tert-OH is 1. The van der Waals surface area contributed by atoms with Crippen LogP contribution in [0.3, 0.4) is 0 Å². The van der Waals surface area contributed by atoms with Crippen LogP contribution < -0.4 is 10.6 Å². The van der Waals surface area contributed by atoms with Crippen molar-refractivity contribution in [2.45, 2.75) is 25.9 Å². The number of amides is 2. The van der Waals surface area contributed by atoms with Gasteiger partial charge in [0.05, 0.1) is 6.54 Å². The molecular weight excluding hydrogens is 300 g/mol. The van der Waals surface area contributed by atoms with E-state index < -0.39 is 0 Å². The second-order valence-electron chi connectivity index (χ2n) is 5.14. The summed E-state index contributed by atoms with van der Waals surface area (Å²) in [5.74, 6) is 1.54. The third-order valence-electron chi connectivity index (χ3n) is 3.53. The maximum atomic E-state index is 11.9. The lowest BCUT2D eigenvalue weighted by atomic mass is 10.1. The zero-order valence-electron chi connectivity index (χ0n) is 12.9. The third kappa shape index (κ3) is 4.18. The number of para-hydroxylation sites is 1. The molecule has 0 aliphatic rings. The monoisotopic (exact) mass is 322 g/mol. The first-order valence-electron chi connectivity index (χ1n) is 7.27. The van der Waals surface area contributed by atoms with E-state index in [1.807, 2.05) is 37.4 Å². The Bertz CT molecular complexity index is 621. The van der Waals surface area contributed by atoms with E-state index in [1.54, 1.807) is 11.8 Å². The molecule has 5 nitrogen and oxygen atoms in total. The minimum Gasteiger partial charge on any atom is -0.459 e. The smallest absolute Gasteiger partial charge is 0.315 e. The number of benzene rings is 1. The fraction of sp³-hybridized carbons (Fsp3) is 0.438. The largest absolute Gasteiger partial charge is 0.459 e. The summed E-state index contributed by atoms with van der Waals surface area (Å²) in [4.78, 5) is 11.9. The lowest BCUT2D eigenvalue weighted by Crippen LogP contribution is -2.43. The molecule has 3 N–H and O–H groups in total. The van der Waals surface area contributed by atoms with Gasteiger partial charge in [0.2, 0.25) is 0 Å². The highest BCUT2D eigenvalue weighted by atomic mass is 32.2. The zero-order valence-corrected chi connectivity index (χ0v) is 13.7. The molecule has 0 bridgehead atoms. The van der Waals surface area contributed by atoms with Crippen LogP contribution in [0.1, 0.15) is 17.7 Å². The van der Waals surface area contributed by atoms with E-state index >= 15 is 0 Å². The van der Waals surface area contributed by atoms with Gasteiger partial charge in [-0.25, -0.2) is 4.79 Å². The first-order chi connectivity index (χ1) is 10.7. The molecule has 0 saturated carbocycles. The van der Waals surface area contributed by atoms with Crippen molar-refractivity contribution < 1.29 is 14.3 Å². The predicted octanol–water partition coefficient (Wildman–Crippen LogP) is 2.65. The Hall–Kier alpha value is -1.66. The number of urea groups is 1. The van der Waals surface area contributed by atoms with Crippen LogP contribution in [0.4, 0.5) is 4.79 Å².